The summed E-state index contributed by atoms with van der Waals surface area (Å²) in [6, 6.07) is 4.93. The Morgan fingerprint density at radius 2 is 1.86 bits per heavy atom. The summed E-state index contributed by atoms with van der Waals surface area (Å²) in [4.78, 5) is 34.9. The van der Waals surface area contributed by atoms with E-state index in [1.807, 2.05) is 26.8 Å². The lowest BCUT2D eigenvalue weighted by molar-refractivity contribution is -0.137. The maximum atomic E-state index is 14.0. The number of unbranched alkanes of at least 4 members (excludes halogenated alkanes) is 1. The number of esters is 1. The lowest BCUT2D eigenvalue weighted by Gasteiger charge is -2.19. The molecule has 1 aliphatic carbocycles. The molecule has 0 bridgehead atoms. The Bertz CT molecular complexity index is 1540. The molecule has 1 fully saturated rings. The molecule has 4 N–H and O–H groups in total. The zero-order valence-electron chi connectivity index (χ0n) is 25.0. The highest BCUT2D eigenvalue weighted by Crippen LogP contribution is 2.39. The second-order valence-corrected chi connectivity index (χ2v) is 11.6. The molecule has 236 valence electrons. The average Bonchev–Trinajstić information content (AvgIpc) is 3.59. The Kier molecular flexibility index (Phi) is 9.98. The number of alkyl halides is 3. The number of methoxy groups -OCH3 is 1. The van der Waals surface area contributed by atoms with Crippen molar-refractivity contribution in [2.24, 2.45) is 0 Å². The van der Waals surface area contributed by atoms with Gasteiger partial charge in [0.15, 0.2) is 0 Å². The number of halogens is 3. The molecule has 2 heterocycles. The molecule has 0 spiro atoms. The normalized spacial score (nSPS) is 16.9. The zero-order valence-corrected chi connectivity index (χ0v) is 25.0. The number of nitriles is 1. The van der Waals surface area contributed by atoms with Crippen molar-refractivity contribution in [2.75, 3.05) is 25.5 Å². The molecular weight excluding hydrogens is 579 g/mol. The largest absolute Gasteiger partial charge is 0.465 e. The quantitative estimate of drug-likeness (QED) is 0.170. The van der Waals surface area contributed by atoms with E-state index in [4.69, 9.17) is 9.47 Å². The molecule has 11 nitrogen and oxygen atoms in total. The molecule has 1 aromatic carbocycles. The van der Waals surface area contributed by atoms with Crippen LogP contribution in [0.2, 0.25) is 0 Å². The molecule has 3 aromatic rings. The number of benzene rings is 1. The van der Waals surface area contributed by atoms with Crippen molar-refractivity contribution in [1.29, 1.82) is 5.26 Å². The lowest BCUT2D eigenvalue weighted by atomic mass is 10.0. The number of H-pyrrole nitrogens is 1. The molecular formula is C30H36F3N7O4. The summed E-state index contributed by atoms with van der Waals surface area (Å²) in [5.41, 5.74) is -1.61. The van der Waals surface area contributed by atoms with Crippen LogP contribution in [0.3, 0.4) is 0 Å². The van der Waals surface area contributed by atoms with Gasteiger partial charge in [-0.2, -0.15) is 18.4 Å². The Balaban J connectivity index is 1.41. The van der Waals surface area contributed by atoms with Crippen molar-refractivity contribution in [3.05, 3.63) is 41.2 Å². The van der Waals surface area contributed by atoms with Crippen LogP contribution in [0, 0.1) is 11.3 Å². The van der Waals surface area contributed by atoms with E-state index in [0.29, 0.717) is 11.9 Å². The van der Waals surface area contributed by atoms with Gasteiger partial charge in [-0.05, 0) is 65.5 Å². The van der Waals surface area contributed by atoms with Gasteiger partial charge in [0.1, 0.15) is 17.2 Å². The third-order valence-corrected chi connectivity index (χ3v) is 7.19. The van der Waals surface area contributed by atoms with Crippen LogP contribution >= 0.6 is 0 Å². The molecule has 0 aliphatic heterocycles. The number of ether oxygens (including phenoxy) is 2. The molecule has 2 atom stereocenters. The van der Waals surface area contributed by atoms with Crippen LogP contribution in [0.15, 0.2) is 24.5 Å². The van der Waals surface area contributed by atoms with E-state index in [1.54, 1.807) is 0 Å². The number of nitrogens with zero attached hydrogens (tertiary/aromatic N) is 3. The topological polar surface area (TPSA) is 154 Å². The summed E-state index contributed by atoms with van der Waals surface area (Å²) in [5.74, 6) is -0.670. The number of aromatic nitrogens is 3. The Hall–Kier alpha value is -4.38. The maximum absolute atomic E-state index is 14.0. The van der Waals surface area contributed by atoms with E-state index >= 15 is 0 Å². The van der Waals surface area contributed by atoms with Gasteiger partial charge in [-0.1, -0.05) is 6.07 Å². The van der Waals surface area contributed by atoms with Gasteiger partial charge in [-0.3, -0.25) is 0 Å². The molecule has 2 aromatic heterocycles. The number of alkyl carbamates (subject to hydrolysis) is 1. The molecule has 1 amide bonds. The minimum Gasteiger partial charge on any atom is -0.465 e. The van der Waals surface area contributed by atoms with Crippen LogP contribution in [-0.4, -0.2) is 64.9 Å². The molecule has 14 heteroatoms. The van der Waals surface area contributed by atoms with Gasteiger partial charge in [0.2, 0.25) is 5.95 Å². The fourth-order valence-electron chi connectivity index (χ4n) is 5.20. The number of fused-ring (bicyclic) bond motifs is 1. The summed E-state index contributed by atoms with van der Waals surface area (Å²) in [6.07, 6.45) is 0.978. The van der Waals surface area contributed by atoms with Crippen LogP contribution in [-0.2, 0) is 15.7 Å². The fraction of sp³-hybridized carbons (Fsp3) is 0.500. The van der Waals surface area contributed by atoms with Gasteiger partial charge in [-0.15, -0.1) is 0 Å². The number of anilines is 1. The maximum Gasteiger partial charge on any atom is 0.419 e. The number of aromatic amines is 1. The minimum absolute atomic E-state index is 0.00106. The first-order valence-electron chi connectivity index (χ1n) is 14.3. The highest BCUT2D eigenvalue weighted by molar-refractivity contribution is 6.04. The van der Waals surface area contributed by atoms with Crippen LogP contribution in [0.5, 0.6) is 0 Å². The SMILES string of the molecule is COC(=O)c1ccc2c(-c3nc(N[C@H]4CC[C@H](NCCCCNC(=O)OC(C)(C)C)C4)ncc3C(F)(F)F)c[nH]c2c1C#N. The number of amides is 1. The van der Waals surface area contributed by atoms with Crippen molar-refractivity contribution in [2.45, 2.75) is 76.7 Å². The Labute approximate surface area is 252 Å². The fourth-order valence-corrected chi connectivity index (χ4v) is 5.20. The van der Waals surface area contributed by atoms with Crippen molar-refractivity contribution >= 4 is 28.9 Å². The number of hydrogen-bond acceptors (Lipinski definition) is 9. The molecule has 4 rings (SSSR count). The van der Waals surface area contributed by atoms with Gasteiger partial charge >= 0.3 is 18.2 Å². The lowest BCUT2D eigenvalue weighted by Crippen LogP contribution is -2.33. The van der Waals surface area contributed by atoms with Crippen molar-refractivity contribution in [3.63, 3.8) is 0 Å². The van der Waals surface area contributed by atoms with E-state index in [0.717, 1.165) is 44.8 Å². The predicted octanol–water partition coefficient (Wildman–Crippen LogP) is 5.53. The predicted molar refractivity (Wildman–Crippen MR) is 157 cm³/mol. The number of carbonyl (C=O) groups excluding carboxylic acids is 2. The van der Waals surface area contributed by atoms with Crippen LogP contribution in [0.25, 0.3) is 22.2 Å². The standard InChI is InChI=1S/C30H36F3N7O4/c1-29(2,3)44-28(42)36-12-6-5-11-35-17-7-8-18(13-17)39-27-38-16-23(30(31,32)33)25(40-27)22-15-37-24-19(22)9-10-20(21(24)14-34)26(41)43-4/h9-10,15-18,35,37H,5-8,11-13H2,1-4H3,(H,36,42)(H,38,39,40)/t17-,18-/m0/s1. The Morgan fingerprint density at radius 3 is 2.55 bits per heavy atom. The van der Waals surface area contributed by atoms with Crippen LogP contribution in [0.4, 0.5) is 23.9 Å². The molecule has 1 saturated carbocycles. The monoisotopic (exact) mass is 615 g/mol. The number of rotatable bonds is 10. The summed E-state index contributed by atoms with van der Waals surface area (Å²) in [6.45, 7) is 6.70. The molecule has 0 radical (unpaired) electrons. The van der Waals surface area contributed by atoms with Gasteiger partial charge in [0.25, 0.3) is 0 Å². The van der Waals surface area contributed by atoms with Crippen LogP contribution in [0.1, 0.15) is 74.4 Å². The first-order valence-corrected chi connectivity index (χ1v) is 14.3. The molecule has 0 unspecified atom stereocenters. The Morgan fingerprint density at radius 1 is 1.14 bits per heavy atom. The first kappa shape index (κ1) is 32.5. The first-order chi connectivity index (χ1) is 20.8. The third kappa shape index (κ3) is 7.96. The van der Waals surface area contributed by atoms with E-state index in [9.17, 15) is 28.0 Å². The second kappa shape index (κ2) is 13.5. The summed E-state index contributed by atoms with van der Waals surface area (Å²) in [5, 5.41) is 19.4. The van der Waals surface area contributed by atoms with Gasteiger partial charge < -0.3 is 30.4 Å². The van der Waals surface area contributed by atoms with E-state index in [2.05, 4.69) is 30.9 Å². The van der Waals surface area contributed by atoms with Crippen molar-refractivity contribution < 1.29 is 32.2 Å². The number of hydrogen-bond donors (Lipinski definition) is 4. The van der Waals surface area contributed by atoms with E-state index in [1.165, 1.54) is 25.4 Å². The van der Waals surface area contributed by atoms with Gasteiger partial charge in [0.05, 0.1) is 29.4 Å². The van der Waals surface area contributed by atoms with Gasteiger partial charge in [-0.25, -0.2) is 19.6 Å². The second-order valence-electron chi connectivity index (χ2n) is 11.6. The molecule has 44 heavy (non-hydrogen) atoms. The smallest absolute Gasteiger partial charge is 0.419 e. The summed E-state index contributed by atoms with van der Waals surface area (Å²) in [7, 11) is 1.18. The number of carbonyl (C=O) groups is 2. The molecule has 1 aliphatic rings. The minimum atomic E-state index is -4.73. The number of nitrogens with one attached hydrogen (secondary N) is 4. The molecule has 0 saturated heterocycles. The van der Waals surface area contributed by atoms with Crippen LogP contribution < -0.4 is 16.0 Å². The highest BCUT2D eigenvalue weighted by atomic mass is 19.4. The van der Waals surface area contributed by atoms with Crippen molar-refractivity contribution in [3.8, 4) is 17.3 Å². The zero-order chi connectivity index (χ0) is 32.1. The van der Waals surface area contributed by atoms with E-state index in [-0.39, 0.29) is 45.9 Å². The van der Waals surface area contributed by atoms with Crippen molar-refractivity contribution in [1.82, 2.24) is 25.6 Å². The third-order valence-electron chi connectivity index (χ3n) is 7.19. The summed E-state index contributed by atoms with van der Waals surface area (Å²) < 4.78 is 52.0. The average molecular weight is 616 g/mol. The van der Waals surface area contributed by atoms with E-state index < -0.39 is 29.4 Å². The highest BCUT2D eigenvalue weighted by Gasteiger charge is 2.36. The summed E-state index contributed by atoms with van der Waals surface area (Å²) >= 11 is 0. The van der Waals surface area contributed by atoms with Gasteiger partial charge in [0, 0.05) is 42.0 Å².